The number of aryl methyl sites for hydroxylation is 1. The molecule has 6 aromatic heterocycles. The molecule has 1 aromatic carbocycles. The maximum atomic E-state index is 10.6. The monoisotopic (exact) mass is 544 g/mol. The minimum absolute atomic E-state index is 0.481. The zero-order valence-electron chi connectivity index (χ0n) is 21.5. The molecule has 0 aliphatic rings. The molecule has 40 heavy (non-hydrogen) atoms. The van der Waals surface area contributed by atoms with Gasteiger partial charge in [-0.1, -0.05) is 30.3 Å². The Labute approximate surface area is 233 Å². The number of aliphatic hydroxyl groups is 1. The number of pyridine rings is 3. The quantitative estimate of drug-likeness (QED) is 0.182. The van der Waals surface area contributed by atoms with Gasteiger partial charge in [-0.05, 0) is 42.8 Å². The summed E-state index contributed by atoms with van der Waals surface area (Å²) >= 11 is 1.70. The van der Waals surface area contributed by atoms with E-state index in [-0.39, 0.29) is 0 Å². The number of benzene rings is 1. The van der Waals surface area contributed by atoms with Crippen LogP contribution in [0.1, 0.15) is 10.4 Å². The van der Waals surface area contributed by atoms with Crippen LogP contribution in [0, 0.1) is 6.92 Å². The molecule has 196 valence electrons. The fourth-order valence-electron chi connectivity index (χ4n) is 4.78. The topological polar surface area (TPSA) is 128 Å². The zero-order chi connectivity index (χ0) is 27.1. The summed E-state index contributed by atoms with van der Waals surface area (Å²) in [5.41, 5.74) is 7.35. The first-order valence-electron chi connectivity index (χ1n) is 12.8. The summed E-state index contributed by atoms with van der Waals surface area (Å²) in [6, 6.07) is 19.9. The van der Waals surface area contributed by atoms with Crippen molar-refractivity contribution >= 4 is 39.0 Å². The van der Waals surface area contributed by atoms with Crippen molar-refractivity contribution in [2.45, 2.75) is 19.6 Å². The van der Waals surface area contributed by atoms with E-state index >= 15 is 0 Å². The molecular weight excluding hydrogens is 520 g/mol. The molecule has 1 unspecified atom stereocenters. The number of anilines is 1. The molecule has 4 N–H and O–H groups in total. The van der Waals surface area contributed by atoms with Crippen molar-refractivity contribution < 1.29 is 5.11 Å². The highest BCUT2D eigenvalue weighted by Crippen LogP contribution is 2.34. The van der Waals surface area contributed by atoms with E-state index in [2.05, 4.69) is 54.5 Å². The smallest absolute Gasteiger partial charge is 0.159 e. The normalized spacial score (nSPS) is 12.2. The van der Waals surface area contributed by atoms with Gasteiger partial charge >= 0.3 is 0 Å². The minimum Gasteiger partial charge on any atom is -0.373 e. The highest BCUT2D eigenvalue weighted by atomic mass is 32.1. The van der Waals surface area contributed by atoms with E-state index < -0.39 is 6.23 Å². The Morgan fingerprint density at radius 1 is 0.950 bits per heavy atom. The second-order valence-corrected chi connectivity index (χ2v) is 10.8. The average Bonchev–Trinajstić information content (AvgIpc) is 3.71. The lowest BCUT2D eigenvalue weighted by molar-refractivity contribution is 0.204. The van der Waals surface area contributed by atoms with E-state index in [4.69, 9.17) is 4.98 Å². The van der Waals surface area contributed by atoms with E-state index in [1.54, 1.807) is 36.1 Å². The molecule has 0 aliphatic heterocycles. The highest BCUT2D eigenvalue weighted by Gasteiger charge is 2.17. The molecule has 0 saturated heterocycles. The highest BCUT2D eigenvalue weighted by molar-refractivity contribution is 7.15. The van der Waals surface area contributed by atoms with Gasteiger partial charge in [-0.3, -0.25) is 20.1 Å². The third kappa shape index (κ3) is 4.59. The number of imidazole rings is 1. The van der Waals surface area contributed by atoms with Crippen LogP contribution < -0.4 is 5.32 Å². The molecule has 7 rings (SSSR count). The van der Waals surface area contributed by atoms with Gasteiger partial charge in [0.15, 0.2) is 5.82 Å². The second kappa shape index (κ2) is 9.99. The Balaban J connectivity index is 1.21. The van der Waals surface area contributed by atoms with Gasteiger partial charge in [0.05, 0.1) is 39.7 Å². The van der Waals surface area contributed by atoms with E-state index in [0.717, 1.165) is 49.3 Å². The van der Waals surface area contributed by atoms with Crippen molar-refractivity contribution in [2.24, 2.45) is 0 Å². The Bertz CT molecular complexity index is 1960. The van der Waals surface area contributed by atoms with Gasteiger partial charge in [0.2, 0.25) is 0 Å². The third-order valence-corrected chi connectivity index (χ3v) is 7.69. The number of H-pyrrole nitrogens is 2. The number of hydrogen-bond acceptors (Lipinski definition) is 8. The first kappa shape index (κ1) is 24.1. The van der Waals surface area contributed by atoms with Crippen molar-refractivity contribution in [2.75, 3.05) is 5.32 Å². The molecule has 0 amide bonds. The maximum absolute atomic E-state index is 10.6. The summed E-state index contributed by atoms with van der Waals surface area (Å²) in [5.74, 6) is 0.651. The first-order valence-corrected chi connectivity index (χ1v) is 13.6. The van der Waals surface area contributed by atoms with Crippen molar-refractivity contribution in [3.8, 4) is 33.3 Å². The molecule has 0 fully saturated rings. The van der Waals surface area contributed by atoms with Gasteiger partial charge in [0.1, 0.15) is 23.1 Å². The molecule has 0 bridgehead atoms. The van der Waals surface area contributed by atoms with Crippen LogP contribution in [0.15, 0.2) is 85.5 Å². The standard InChI is InChI=1S/C30H24N8OS/c1-17-7-8-25(40-17)29-28-22(9-10-32-29)35-30(36-28)27-21-13-23(33-16-24(21)37-38-27)19-12-20(15-31-14-19)34-26(39)11-18-5-3-2-4-6-18/h2-10,12-16,26,34,39H,11H2,1H3,(H,35,36)(H,37,38). The second-order valence-electron chi connectivity index (χ2n) is 9.55. The Morgan fingerprint density at radius 2 is 1.85 bits per heavy atom. The van der Waals surface area contributed by atoms with Gasteiger partial charge in [-0.2, -0.15) is 5.10 Å². The molecule has 0 spiro atoms. The molecule has 10 heteroatoms. The van der Waals surface area contributed by atoms with E-state index in [1.807, 2.05) is 48.5 Å². The number of aromatic nitrogens is 7. The summed E-state index contributed by atoms with van der Waals surface area (Å²) in [4.78, 5) is 24.2. The Morgan fingerprint density at radius 3 is 2.70 bits per heavy atom. The van der Waals surface area contributed by atoms with Gasteiger partial charge < -0.3 is 15.4 Å². The molecule has 6 heterocycles. The third-order valence-electron chi connectivity index (χ3n) is 6.69. The number of thiophene rings is 1. The number of aliphatic hydroxyl groups excluding tert-OH is 1. The van der Waals surface area contributed by atoms with Crippen molar-refractivity contribution in [1.82, 2.24) is 35.1 Å². The van der Waals surface area contributed by atoms with Crippen LogP contribution in [0.25, 0.3) is 55.3 Å². The fourth-order valence-corrected chi connectivity index (χ4v) is 5.65. The molecule has 0 saturated carbocycles. The summed E-state index contributed by atoms with van der Waals surface area (Å²) in [6.07, 6.45) is 6.73. The lowest BCUT2D eigenvalue weighted by atomic mass is 10.1. The Hall–Kier alpha value is -4.93. The average molecular weight is 545 g/mol. The maximum Gasteiger partial charge on any atom is 0.159 e. The number of nitrogens with zero attached hydrogens (tertiary/aromatic N) is 5. The molecule has 1 atom stereocenters. The van der Waals surface area contributed by atoms with Crippen LogP contribution in [0.4, 0.5) is 5.69 Å². The van der Waals surface area contributed by atoms with E-state index in [9.17, 15) is 5.11 Å². The van der Waals surface area contributed by atoms with Gasteiger partial charge in [0.25, 0.3) is 0 Å². The summed E-state index contributed by atoms with van der Waals surface area (Å²) in [6.45, 7) is 2.08. The number of rotatable bonds is 7. The van der Waals surface area contributed by atoms with Crippen LogP contribution >= 0.6 is 11.3 Å². The Kier molecular flexibility index (Phi) is 6.03. The number of nitrogens with one attached hydrogen (secondary N) is 3. The van der Waals surface area contributed by atoms with Gasteiger partial charge in [0, 0.05) is 34.6 Å². The number of fused-ring (bicyclic) bond motifs is 2. The minimum atomic E-state index is -0.749. The van der Waals surface area contributed by atoms with Crippen LogP contribution in [0.3, 0.4) is 0 Å². The fraction of sp³-hybridized carbons (Fsp3) is 0.100. The molecule has 9 nitrogen and oxygen atoms in total. The molecule has 0 radical (unpaired) electrons. The van der Waals surface area contributed by atoms with Crippen LogP contribution in [0.2, 0.25) is 0 Å². The predicted octanol–water partition coefficient (Wildman–Crippen LogP) is 5.97. The molecular formula is C30H24N8OS. The number of aromatic amines is 2. The summed E-state index contributed by atoms with van der Waals surface area (Å²) < 4.78 is 0. The molecule has 0 aliphatic carbocycles. The summed E-state index contributed by atoms with van der Waals surface area (Å²) in [5, 5.41) is 22.2. The SMILES string of the molecule is Cc1ccc(-c2nccc3[nH]c(-c4n[nH]c5cnc(-c6cncc(NC(O)Cc7ccccc7)c6)cc45)nc23)s1. The predicted molar refractivity (Wildman–Crippen MR) is 158 cm³/mol. The van der Waals surface area contributed by atoms with Gasteiger partial charge in [-0.15, -0.1) is 11.3 Å². The van der Waals surface area contributed by atoms with Gasteiger partial charge in [-0.25, -0.2) is 4.98 Å². The lowest BCUT2D eigenvalue weighted by Crippen LogP contribution is -2.21. The van der Waals surface area contributed by atoms with E-state index in [0.29, 0.717) is 23.6 Å². The van der Waals surface area contributed by atoms with Crippen molar-refractivity contribution in [3.63, 3.8) is 0 Å². The molecule has 7 aromatic rings. The lowest BCUT2D eigenvalue weighted by Gasteiger charge is -2.14. The zero-order valence-corrected chi connectivity index (χ0v) is 22.3. The largest absolute Gasteiger partial charge is 0.373 e. The van der Waals surface area contributed by atoms with E-state index in [1.165, 1.54) is 4.88 Å². The number of hydrogen-bond donors (Lipinski definition) is 4. The summed E-state index contributed by atoms with van der Waals surface area (Å²) in [7, 11) is 0. The van der Waals surface area contributed by atoms with Crippen molar-refractivity contribution in [3.05, 3.63) is 95.9 Å². The van der Waals surface area contributed by atoms with Crippen LogP contribution in [-0.2, 0) is 6.42 Å². The van der Waals surface area contributed by atoms with Crippen molar-refractivity contribution in [1.29, 1.82) is 0 Å². The van der Waals surface area contributed by atoms with Crippen LogP contribution in [0.5, 0.6) is 0 Å². The first-order chi connectivity index (χ1) is 19.6. The van der Waals surface area contributed by atoms with Crippen LogP contribution in [-0.4, -0.2) is 46.5 Å².